The second kappa shape index (κ2) is 24.9. The molecule has 0 aliphatic heterocycles. The standard InChI is InChI=1S/C25H28N.3C22H21FN/c1-16(2)18-11-12-24(26(6)15-18)20-14-23-21(13-17(20)3)19-9-7-8-10-22(19)25(23,4)5;1-14-12-17-15-8-5-6-9-18(15)22(2,3)19(17)13-16(14)21-20(23)10-7-11-24(21)4;1-14-11-18-16-7-5-6-8-19(16)22(2,3)20(18)12-17(14)21-10-9-15(23)13-24(21)4;1-14-11-18-16-7-5-6-8-19(16)22(2,3)20(18)13-17(14)21-12-15(23)9-10-24(21)4/h7-16H,1-6H3;3*5-13H,1-4H3/q4*+1. The van der Waals surface area contributed by atoms with E-state index in [9.17, 15) is 13.2 Å². The van der Waals surface area contributed by atoms with Gasteiger partial charge in [-0.3, -0.25) is 0 Å². The second-order valence-electron chi connectivity index (χ2n) is 30.1. The van der Waals surface area contributed by atoms with E-state index in [1.807, 2.05) is 47.1 Å². The molecule has 16 rings (SSSR count). The molecule has 0 saturated carbocycles. The van der Waals surface area contributed by atoms with Gasteiger partial charge in [0.15, 0.2) is 30.2 Å². The van der Waals surface area contributed by atoms with E-state index in [4.69, 9.17) is 0 Å². The van der Waals surface area contributed by atoms with Gasteiger partial charge in [-0.15, -0.1) is 0 Å². The predicted molar refractivity (Wildman–Crippen MR) is 395 cm³/mol. The minimum Gasteiger partial charge on any atom is -0.207 e. The number of rotatable bonds is 5. The molecule has 98 heavy (non-hydrogen) atoms. The van der Waals surface area contributed by atoms with Gasteiger partial charge in [0.1, 0.15) is 34.0 Å². The SMILES string of the molecule is Cc1cc2c(cc1-c1c(F)ccc[n+]1C)C(C)(C)c1ccccc1-2.Cc1cc2c(cc1-c1cc(F)cc[n+]1C)C(C)(C)c1ccccc1-2.Cc1cc2c(cc1-c1ccc(C(C)C)c[n+]1C)C(C)(C)c1ccccc1-2.Cc1cc2c(cc1-c1ccc(F)c[n+]1C)C(C)(C)c1ccccc1-2. The first-order chi connectivity index (χ1) is 46.5. The molecule has 0 saturated heterocycles. The van der Waals surface area contributed by atoms with Crippen molar-refractivity contribution in [2.75, 3.05) is 0 Å². The molecule has 0 atom stereocenters. The first kappa shape index (κ1) is 66.8. The normalized spacial score (nSPS) is 14.4. The molecule has 0 spiro atoms. The van der Waals surface area contributed by atoms with E-state index in [2.05, 4.69) is 272 Å². The van der Waals surface area contributed by atoms with Crippen molar-refractivity contribution < 1.29 is 31.4 Å². The molecule has 0 fully saturated rings. The molecule has 0 bridgehead atoms. The molecule has 0 amide bonds. The van der Waals surface area contributed by atoms with Gasteiger partial charge in [0.25, 0.3) is 0 Å². The van der Waals surface area contributed by atoms with Crippen LogP contribution in [0.5, 0.6) is 0 Å². The zero-order chi connectivity index (χ0) is 69.8. The Kier molecular flexibility index (Phi) is 17.0. The summed E-state index contributed by atoms with van der Waals surface area (Å²) in [5.74, 6) is -0.0560. The summed E-state index contributed by atoms with van der Waals surface area (Å²) < 4.78 is 49.7. The predicted octanol–water partition coefficient (Wildman–Crippen LogP) is 20.7. The molecule has 7 heteroatoms. The molecule has 12 aromatic rings. The Morgan fingerprint density at radius 1 is 0.286 bits per heavy atom. The van der Waals surface area contributed by atoms with Crippen molar-refractivity contribution in [2.45, 2.75) is 125 Å². The fourth-order valence-corrected chi connectivity index (χ4v) is 16.3. The van der Waals surface area contributed by atoms with Crippen molar-refractivity contribution in [1.29, 1.82) is 0 Å². The number of aryl methyl sites for hydroxylation is 8. The number of hydrogen-bond acceptors (Lipinski definition) is 0. The van der Waals surface area contributed by atoms with Crippen molar-refractivity contribution >= 4 is 0 Å². The van der Waals surface area contributed by atoms with Crippen LogP contribution in [0.25, 0.3) is 89.5 Å². The van der Waals surface area contributed by atoms with E-state index in [0.29, 0.717) is 11.6 Å². The lowest BCUT2D eigenvalue weighted by atomic mass is 9.81. The molecule has 0 radical (unpaired) electrons. The molecule has 4 nitrogen and oxygen atoms in total. The van der Waals surface area contributed by atoms with Gasteiger partial charge in [0.2, 0.25) is 29.0 Å². The maximum absolute atomic E-state index is 14.5. The van der Waals surface area contributed by atoms with Crippen molar-refractivity contribution in [3.8, 4) is 89.5 Å². The smallest absolute Gasteiger partial charge is 0.207 e. The highest BCUT2D eigenvalue weighted by Crippen LogP contribution is 2.54. The van der Waals surface area contributed by atoms with Crippen LogP contribution >= 0.6 is 0 Å². The summed E-state index contributed by atoms with van der Waals surface area (Å²) in [5.41, 5.74) is 36.0. The maximum Gasteiger partial charge on any atom is 0.248 e. The van der Waals surface area contributed by atoms with Crippen LogP contribution in [0, 0.1) is 45.1 Å². The van der Waals surface area contributed by atoms with Crippen molar-refractivity contribution in [3.63, 3.8) is 0 Å². The van der Waals surface area contributed by atoms with Crippen molar-refractivity contribution in [2.24, 2.45) is 28.2 Å². The lowest BCUT2D eigenvalue weighted by molar-refractivity contribution is -0.662. The number of nitrogens with zero attached hydrogens (tertiary/aromatic N) is 4. The van der Waals surface area contributed by atoms with Gasteiger partial charge in [-0.05, 0) is 187 Å². The maximum atomic E-state index is 14.5. The van der Waals surface area contributed by atoms with Gasteiger partial charge >= 0.3 is 0 Å². The molecule has 4 aliphatic carbocycles. The highest BCUT2D eigenvalue weighted by atomic mass is 19.1. The zero-order valence-corrected chi connectivity index (χ0v) is 60.3. The summed E-state index contributed by atoms with van der Waals surface area (Å²) in [5, 5.41) is 0. The fraction of sp³-hybridized carbons (Fsp3) is 0.253. The molecular weight excluding hydrogens is 1210 g/mol. The van der Waals surface area contributed by atoms with Crippen LogP contribution in [0.1, 0.15) is 147 Å². The van der Waals surface area contributed by atoms with Gasteiger partial charge in [-0.2, -0.15) is 13.5 Å². The van der Waals surface area contributed by atoms with E-state index >= 15 is 0 Å². The lowest BCUT2D eigenvalue weighted by Gasteiger charge is -2.22. The summed E-state index contributed by atoms with van der Waals surface area (Å²) in [6, 6.07) is 67.3. The number of aromatic nitrogens is 4. The molecule has 8 aromatic carbocycles. The van der Waals surface area contributed by atoms with Crippen LogP contribution in [-0.2, 0) is 49.9 Å². The Balaban J connectivity index is 0.000000118. The Labute approximate surface area is 579 Å². The molecular formula is C91H91F3N4+4. The quantitative estimate of drug-likeness (QED) is 0.153. The summed E-state index contributed by atoms with van der Waals surface area (Å²) in [6.07, 6.45) is 7.47. The average Bonchev–Trinajstić information content (AvgIpc) is 1.60. The Morgan fingerprint density at radius 3 is 1.02 bits per heavy atom. The van der Waals surface area contributed by atoms with Crippen LogP contribution < -0.4 is 18.3 Å². The van der Waals surface area contributed by atoms with Crippen LogP contribution in [0.4, 0.5) is 13.2 Å². The first-order valence-electron chi connectivity index (χ1n) is 34.5. The third-order valence-corrected chi connectivity index (χ3v) is 22.0. The summed E-state index contributed by atoms with van der Waals surface area (Å²) in [7, 11) is 7.91. The number of pyridine rings is 4. The van der Waals surface area contributed by atoms with Gasteiger partial charge < -0.3 is 0 Å². The highest BCUT2D eigenvalue weighted by molar-refractivity contribution is 5.88. The second-order valence-corrected chi connectivity index (χ2v) is 30.1. The van der Waals surface area contributed by atoms with Gasteiger partial charge in [-0.1, -0.05) is 191 Å². The zero-order valence-electron chi connectivity index (χ0n) is 60.3. The summed E-state index contributed by atoms with van der Waals surface area (Å²) in [4.78, 5) is 0. The third kappa shape index (κ3) is 11.3. The third-order valence-electron chi connectivity index (χ3n) is 22.0. The number of halogens is 3. The average molecular weight is 1300 g/mol. The Morgan fingerprint density at radius 2 is 0.643 bits per heavy atom. The van der Waals surface area contributed by atoms with Crippen molar-refractivity contribution in [1.82, 2.24) is 0 Å². The first-order valence-corrected chi connectivity index (χ1v) is 34.5. The number of hydrogen-bond donors (Lipinski definition) is 0. The molecule has 0 unspecified atom stereocenters. The van der Waals surface area contributed by atoms with Gasteiger partial charge in [-0.25, -0.2) is 17.9 Å². The largest absolute Gasteiger partial charge is 0.248 e. The van der Waals surface area contributed by atoms with Crippen LogP contribution in [0.3, 0.4) is 0 Å². The van der Waals surface area contributed by atoms with E-state index < -0.39 is 0 Å². The van der Waals surface area contributed by atoms with Crippen molar-refractivity contribution in [3.05, 3.63) is 309 Å². The van der Waals surface area contributed by atoms with Crippen LogP contribution in [0.15, 0.2) is 219 Å². The monoisotopic (exact) mass is 1300 g/mol. The molecule has 492 valence electrons. The van der Waals surface area contributed by atoms with Crippen LogP contribution in [-0.4, -0.2) is 0 Å². The highest BCUT2D eigenvalue weighted by Gasteiger charge is 2.41. The summed E-state index contributed by atoms with van der Waals surface area (Å²) >= 11 is 0. The minimum atomic E-state index is -0.215. The summed E-state index contributed by atoms with van der Waals surface area (Å²) in [6.45, 7) is 31.3. The van der Waals surface area contributed by atoms with E-state index in [0.717, 1.165) is 33.6 Å². The van der Waals surface area contributed by atoms with Crippen LogP contribution in [0.2, 0.25) is 0 Å². The van der Waals surface area contributed by atoms with E-state index in [1.165, 1.54) is 147 Å². The fourth-order valence-electron chi connectivity index (χ4n) is 16.3. The lowest BCUT2D eigenvalue weighted by Crippen LogP contribution is -2.31. The number of fused-ring (bicyclic) bond motifs is 12. The Hall–Kier alpha value is -9.85. The molecule has 4 heterocycles. The van der Waals surface area contributed by atoms with E-state index in [1.54, 1.807) is 18.3 Å². The topological polar surface area (TPSA) is 15.5 Å². The molecule has 0 N–H and O–H groups in total. The minimum absolute atomic E-state index is 0.0209. The van der Waals surface area contributed by atoms with E-state index in [-0.39, 0.29) is 39.1 Å². The molecule has 4 aromatic heterocycles. The van der Waals surface area contributed by atoms with Gasteiger partial charge in [0.05, 0.1) is 5.56 Å². The Bertz CT molecular complexity index is 5190. The van der Waals surface area contributed by atoms with Gasteiger partial charge in [0, 0.05) is 74.2 Å². The molecule has 4 aliphatic rings. The number of benzene rings is 8.